The highest BCUT2D eigenvalue weighted by Gasteiger charge is 2.31. The summed E-state index contributed by atoms with van der Waals surface area (Å²) in [4.78, 5) is -0.0623. The topological polar surface area (TPSA) is 116 Å². The van der Waals surface area contributed by atoms with Crippen molar-refractivity contribution in [3.63, 3.8) is 0 Å². The SMILES string of the molecule is NS(=O)(=O)c1ccc2c(c1)OCC(c1ccc3c(c1)N(S(=O)(=O)c1ccc(F)cc1)CCC3)O2. The molecule has 0 aromatic heterocycles. The second kappa shape index (κ2) is 8.26. The molecule has 3 aromatic carbocycles. The van der Waals surface area contributed by atoms with E-state index in [4.69, 9.17) is 14.6 Å². The van der Waals surface area contributed by atoms with Gasteiger partial charge in [0.25, 0.3) is 10.0 Å². The van der Waals surface area contributed by atoms with Crippen LogP contribution in [-0.4, -0.2) is 30.0 Å². The van der Waals surface area contributed by atoms with Crippen LogP contribution in [0.4, 0.5) is 10.1 Å². The van der Waals surface area contributed by atoms with E-state index in [1.807, 2.05) is 12.1 Å². The van der Waals surface area contributed by atoms with Gasteiger partial charge in [0.15, 0.2) is 17.6 Å². The molecule has 2 aliphatic rings. The number of nitrogens with zero attached hydrogens (tertiary/aromatic N) is 1. The average Bonchev–Trinajstić information content (AvgIpc) is 2.82. The van der Waals surface area contributed by atoms with Crippen molar-refractivity contribution in [3.05, 3.63) is 77.6 Å². The Balaban J connectivity index is 1.47. The maximum Gasteiger partial charge on any atom is 0.264 e. The minimum Gasteiger partial charge on any atom is -0.485 e. The third kappa shape index (κ3) is 4.10. The number of sulfonamides is 2. The van der Waals surface area contributed by atoms with Crippen molar-refractivity contribution in [1.82, 2.24) is 0 Å². The third-order valence-electron chi connectivity index (χ3n) is 5.86. The molecular formula is C23H21FN2O6S2. The predicted molar refractivity (Wildman–Crippen MR) is 122 cm³/mol. The maximum atomic E-state index is 13.3. The van der Waals surface area contributed by atoms with Gasteiger partial charge in [0.2, 0.25) is 10.0 Å². The number of ether oxygens (including phenoxy) is 2. The number of halogens is 1. The molecule has 1 unspecified atom stereocenters. The Labute approximate surface area is 196 Å². The molecule has 0 saturated heterocycles. The summed E-state index contributed by atoms with van der Waals surface area (Å²) in [5.74, 6) is 0.115. The first kappa shape index (κ1) is 22.6. The standard InChI is InChI=1S/C23H21FN2O6S2/c24-17-5-7-18(8-6-17)34(29,30)26-11-1-2-15-3-4-16(12-20(15)26)23-14-31-22-13-19(33(25,27)28)9-10-21(22)32-23/h3-10,12-13,23H,1-2,11,14H2,(H2,25,27,28). The Kier molecular flexibility index (Phi) is 5.50. The highest BCUT2D eigenvalue weighted by molar-refractivity contribution is 7.92. The number of rotatable bonds is 4. The molecular weight excluding hydrogens is 483 g/mol. The summed E-state index contributed by atoms with van der Waals surface area (Å²) in [6.45, 7) is 0.405. The molecule has 0 saturated carbocycles. The van der Waals surface area contributed by atoms with Gasteiger partial charge in [-0.2, -0.15) is 0 Å². The van der Waals surface area contributed by atoms with Crippen LogP contribution in [0.25, 0.3) is 0 Å². The molecule has 0 aliphatic carbocycles. The fraction of sp³-hybridized carbons (Fsp3) is 0.217. The number of aryl methyl sites for hydroxylation is 1. The minimum absolute atomic E-state index is 0.0176. The average molecular weight is 505 g/mol. The van der Waals surface area contributed by atoms with Gasteiger partial charge in [0.05, 0.1) is 15.5 Å². The molecule has 8 nitrogen and oxygen atoms in total. The summed E-state index contributed by atoms with van der Waals surface area (Å²) in [5, 5.41) is 5.17. The molecule has 2 heterocycles. The normalized spacial score (nSPS) is 17.8. The van der Waals surface area contributed by atoms with Crippen LogP contribution in [0.1, 0.15) is 23.7 Å². The van der Waals surface area contributed by atoms with Gasteiger partial charge in [-0.15, -0.1) is 0 Å². The fourth-order valence-corrected chi connectivity index (χ4v) is 6.20. The van der Waals surface area contributed by atoms with Crippen LogP contribution in [0.15, 0.2) is 70.5 Å². The Morgan fingerprint density at radius 2 is 1.65 bits per heavy atom. The fourth-order valence-electron chi connectivity index (χ4n) is 4.13. The molecule has 11 heteroatoms. The molecule has 0 fully saturated rings. The lowest BCUT2D eigenvalue weighted by Crippen LogP contribution is -2.35. The summed E-state index contributed by atoms with van der Waals surface area (Å²) in [5.41, 5.74) is 2.14. The number of primary sulfonamides is 1. The Hall–Kier alpha value is -3.15. The number of nitrogens with two attached hydrogens (primary N) is 1. The molecule has 34 heavy (non-hydrogen) atoms. The number of hydrogen-bond donors (Lipinski definition) is 1. The van der Waals surface area contributed by atoms with E-state index >= 15 is 0 Å². The first-order valence-corrected chi connectivity index (χ1v) is 13.5. The number of anilines is 1. The van der Waals surface area contributed by atoms with E-state index in [2.05, 4.69) is 0 Å². The van der Waals surface area contributed by atoms with Crippen molar-refractivity contribution in [2.75, 3.05) is 17.5 Å². The van der Waals surface area contributed by atoms with E-state index in [1.165, 1.54) is 34.6 Å². The predicted octanol–water partition coefficient (Wildman–Crippen LogP) is 3.13. The van der Waals surface area contributed by atoms with Gasteiger partial charge >= 0.3 is 0 Å². The monoisotopic (exact) mass is 504 g/mol. The van der Waals surface area contributed by atoms with Gasteiger partial charge in [-0.25, -0.2) is 26.4 Å². The molecule has 5 rings (SSSR count). The molecule has 2 N–H and O–H groups in total. The van der Waals surface area contributed by atoms with Gasteiger partial charge < -0.3 is 9.47 Å². The molecule has 178 valence electrons. The molecule has 3 aromatic rings. The first-order chi connectivity index (χ1) is 16.1. The van der Waals surface area contributed by atoms with Crippen molar-refractivity contribution in [3.8, 4) is 11.5 Å². The van der Waals surface area contributed by atoms with Crippen molar-refractivity contribution >= 4 is 25.7 Å². The summed E-state index contributed by atoms with van der Waals surface area (Å²) in [6, 6.07) is 14.4. The summed E-state index contributed by atoms with van der Waals surface area (Å²) in [6.07, 6.45) is 0.859. The molecule has 0 bridgehead atoms. The zero-order valence-corrected chi connectivity index (χ0v) is 19.5. The summed E-state index contributed by atoms with van der Waals surface area (Å²) in [7, 11) is -7.76. The highest BCUT2D eigenvalue weighted by atomic mass is 32.2. The van der Waals surface area contributed by atoms with Gasteiger partial charge in [0, 0.05) is 12.6 Å². The van der Waals surface area contributed by atoms with Crippen LogP contribution in [0.5, 0.6) is 11.5 Å². The third-order valence-corrected chi connectivity index (χ3v) is 8.60. The minimum atomic E-state index is -3.88. The molecule has 2 aliphatic heterocycles. The highest BCUT2D eigenvalue weighted by Crippen LogP contribution is 2.40. The van der Waals surface area contributed by atoms with Gasteiger partial charge in [-0.05, 0) is 66.4 Å². The first-order valence-electron chi connectivity index (χ1n) is 10.5. The van der Waals surface area contributed by atoms with E-state index < -0.39 is 32.0 Å². The zero-order chi connectivity index (χ0) is 24.1. The lowest BCUT2D eigenvalue weighted by atomic mass is 9.99. The summed E-state index contributed by atoms with van der Waals surface area (Å²) >= 11 is 0. The number of hydrogen-bond acceptors (Lipinski definition) is 6. The van der Waals surface area contributed by atoms with E-state index in [0.29, 0.717) is 30.0 Å². The number of fused-ring (bicyclic) bond motifs is 2. The maximum absolute atomic E-state index is 13.3. The zero-order valence-electron chi connectivity index (χ0n) is 17.8. The Morgan fingerprint density at radius 1 is 0.912 bits per heavy atom. The van der Waals surface area contributed by atoms with Gasteiger partial charge in [-0.3, -0.25) is 4.31 Å². The van der Waals surface area contributed by atoms with Gasteiger partial charge in [0.1, 0.15) is 12.4 Å². The lowest BCUT2D eigenvalue weighted by molar-refractivity contribution is 0.0909. The van der Waals surface area contributed by atoms with Crippen molar-refractivity contribution < 1.29 is 30.7 Å². The van der Waals surface area contributed by atoms with Crippen LogP contribution in [-0.2, 0) is 26.5 Å². The second-order valence-electron chi connectivity index (χ2n) is 8.09. The van der Waals surface area contributed by atoms with E-state index in [9.17, 15) is 21.2 Å². The lowest BCUT2D eigenvalue weighted by Gasteiger charge is -2.32. The van der Waals surface area contributed by atoms with Crippen molar-refractivity contribution in [1.29, 1.82) is 0 Å². The Morgan fingerprint density at radius 3 is 2.38 bits per heavy atom. The smallest absolute Gasteiger partial charge is 0.264 e. The Bertz CT molecular complexity index is 1470. The quantitative estimate of drug-likeness (QED) is 0.584. The van der Waals surface area contributed by atoms with Crippen LogP contribution in [0.2, 0.25) is 0 Å². The van der Waals surface area contributed by atoms with E-state index in [1.54, 1.807) is 6.07 Å². The van der Waals surface area contributed by atoms with Crippen molar-refractivity contribution in [2.24, 2.45) is 5.14 Å². The van der Waals surface area contributed by atoms with E-state index in [-0.39, 0.29) is 22.1 Å². The molecule has 1 atom stereocenters. The molecule has 0 spiro atoms. The largest absolute Gasteiger partial charge is 0.485 e. The van der Waals surface area contributed by atoms with Gasteiger partial charge in [-0.1, -0.05) is 12.1 Å². The van der Waals surface area contributed by atoms with Crippen LogP contribution < -0.4 is 18.9 Å². The van der Waals surface area contributed by atoms with Crippen LogP contribution >= 0.6 is 0 Å². The van der Waals surface area contributed by atoms with Crippen molar-refractivity contribution in [2.45, 2.75) is 28.7 Å². The molecule has 0 radical (unpaired) electrons. The number of benzene rings is 3. The van der Waals surface area contributed by atoms with E-state index in [0.717, 1.165) is 24.1 Å². The second-order valence-corrected chi connectivity index (χ2v) is 11.5. The van der Waals surface area contributed by atoms with Crippen LogP contribution in [0.3, 0.4) is 0 Å². The summed E-state index contributed by atoms with van der Waals surface area (Å²) < 4.78 is 76.2. The van der Waals surface area contributed by atoms with Crippen LogP contribution in [0, 0.1) is 5.82 Å². The molecule has 0 amide bonds.